The van der Waals surface area contributed by atoms with Gasteiger partial charge in [-0.15, -0.1) is 0 Å². The van der Waals surface area contributed by atoms with Gasteiger partial charge in [0.2, 0.25) is 0 Å². The van der Waals surface area contributed by atoms with E-state index in [0.717, 1.165) is 25.8 Å². The molecular weight excluding hydrogens is 258 g/mol. The molecule has 0 aliphatic carbocycles. The second kappa shape index (κ2) is 7.07. The van der Waals surface area contributed by atoms with Crippen LogP contribution in [0.2, 0.25) is 0 Å². The van der Waals surface area contributed by atoms with E-state index in [1.54, 1.807) is 20.8 Å². The monoisotopic (exact) mass is 291 g/mol. The van der Waals surface area contributed by atoms with Crippen LogP contribution in [0.1, 0.15) is 67.7 Å². The van der Waals surface area contributed by atoms with Crippen LogP contribution in [0.25, 0.3) is 0 Å². The van der Waals surface area contributed by atoms with Crippen molar-refractivity contribution >= 4 is 9.84 Å². The first-order valence-electron chi connectivity index (χ1n) is 7.45. The molecule has 0 unspecified atom stereocenters. The summed E-state index contributed by atoms with van der Waals surface area (Å²) in [6.07, 6.45) is 2.78. The fourth-order valence-corrected chi connectivity index (χ4v) is 3.33. The van der Waals surface area contributed by atoms with Crippen LogP contribution < -0.4 is 5.32 Å². The van der Waals surface area contributed by atoms with E-state index in [4.69, 9.17) is 0 Å². The Morgan fingerprint density at radius 1 is 1.05 bits per heavy atom. The maximum Gasteiger partial charge on any atom is 0.155 e. The molecule has 0 rings (SSSR count). The third-order valence-corrected chi connectivity index (χ3v) is 6.83. The van der Waals surface area contributed by atoms with Crippen molar-refractivity contribution < 1.29 is 8.42 Å². The van der Waals surface area contributed by atoms with Crippen LogP contribution in [0.5, 0.6) is 0 Å². The second-order valence-electron chi connectivity index (χ2n) is 6.92. The van der Waals surface area contributed by atoms with Crippen molar-refractivity contribution in [2.45, 2.75) is 78.5 Å². The summed E-state index contributed by atoms with van der Waals surface area (Å²) in [5.74, 6) is 0.290. The smallest absolute Gasteiger partial charge is 0.155 e. The Balaban J connectivity index is 4.78. The van der Waals surface area contributed by atoms with Crippen molar-refractivity contribution in [3.05, 3.63) is 0 Å². The second-order valence-corrected chi connectivity index (χ2v) is 9.79. The number of hydrogen-bond acceptors (Lipinski definition) is 3. The molecule has 0 saturated carbocycles. The van der Waals surface area contributed by atoms with E-state index in [1.165, 1.54) is 0 Å². The maximum absolute atomic E-state index is 12.2. The summed E-state index contributed by atoms with van der Waals surface area (Å²) >= 11 is 0. The normalized spacial score (nSPS) is 14.1. The molecule has 0 aliphatic heterocycles. The highest BCUT2D eigenvalue weighted by Gasteiger charge is 2.33. The van der Waals surface area contributed by atoms with Crippen LogP contribution in [0, 0.1) is 5.41 Å². The summed E-state index contributed by atoms with van der Waals surface area (Å²) in [7, 11) is -3.02. The topological polar surface area (TPSA) is 46.2 Å². The molecule has 0 aromatic carbocycles. The molecule has 0 aromatic heterocycles. The minimum absolute atomic E-state index is 0.0998. The summed E-state index contributed by atoms with van der Waals surface area (Å²) in [5.41, 5.74) is 0.0998. The van der Waals surface area contributed by atoms with Gasteiger partial charge in [0.05, 0.1) is 10.5 Å². The van der Waals surface area contributed by atoms with Crippen LogP contribution in [0.4, 0.5) is 0 Å². The Bertz CT molecular complexity index is 349. The quantitative estimate of drug-likeness (QED) is 0.745. The van der Waals surface area contributed by atoms with Gasteiger partial charge >= 0.3 is 0 Å². The lowest BCUT2D eigenvalue weighted by atomic mass is 9.79. The Morgan fingerprint density at radius 3 is 1.84 bits per heavy atom. The lowest BCUT2D eigenvalue weighted by Gasteiger charge is -2.34. The summed E-state index contributed by atoms with van der Waals surface area (Å²) in [5, 5.41) is 3.47. The lowest BCUT2D eigenvalue weighted by Crippen LogP contribution is -2.40. The van der Waals surface area contributed by atoms with E-state index in [9.17, 15) is 8.42 Å². The fraction of sp³-hybridized carbons (Fsp3) is 1.00. The van der Waals surface area contributed by atoms with E-state index in [0.29, 0.717) is 6.04 Å². The standard InChI is InChI=1S/C15H33NO2S/c1-8-15(9-2,12-16-13(3)4)10-11-19(17,18)14(5,6)7/h13,16H,8-12H2,1-7H3. The Morgan fingerprint density at radius 2 is 1.53 bits per heavy atom. The summed E-state index contributed by atoms with van der Waals surface area (Å²) in [4.78, 5) is 0. The van der Waals surface area contributed by atoms with Gasteiger partial charge in [-0.1, -0.05) is 27.7 Å². The van der Waals surface area contributed by atoms with Gasteiger partial charge in [0.25, 0.3) is 0 Å². The molecule has 3 nitrogen and oxygen atoms in total. The molecule has 19 heavy (non-hydrogen) atoms. The van der Waals surface area contributed by atoms with E-state index in [-0.39, 0.29) is 11.2 Å². The van der Waals surface area contributed by atoms with Crippen molar-refractivity contribution in [3.63, 3.8) is 0 Å². The van der Waals surface area contributed by atoms with Gasteiger partial charge in [0.15, 0.2) is 9.84 Å². The van der Waals surface area contributed by atoms with Crippen LogP contribution in [0.15, 0.2) is 0 Å². The minimum Gasteiger partial charge on any atom is -0.314 e. The predicted molar refractivity (Wildman–Crippen MR) is 84.3 cm³/mol. The predicted octanol–water partition coefficient (Wildman–Crippen LogP) is 3.39. The summed E-state index contributed by atoms with van der Waals surface area (Å²) < 4.78 is 23.8. The molecule has 116 valence electrons. The molecule has 0 saturated heterocycles. The van der Waals surface area contributed by atoms with E-state index in [2.05, 4.69) is 33.0 Å². The van der Waals surface area contributed by atoms with Gasteiger partial charge in [-0.05, 0) is 45.4 Å². The molecule has 0 amide bonds. The molecule has 4 heteroatoms. The molecule has 0 fully saturated rings. The fourth-order valence-electron chi connectivity index (χ4n) is 2.02. The number of rotatable bonds is 8. The van der Waals surface area contributed by atoms with Gasteiger partial charge in [0, 0.05) is 12.6 Å². The summed E-state index contributed by atoms with van der Waals surface area (Å²) in [6, 6.07) is 0.441. The highest BCUT2D eigenvalue weighted by atomic mass is 32.2. The molecule has 0 bridgehead atoms. The maximum atomic E-state index is 12.2. The molecule has 0 radical (unpaired) electrons. The largest absolute Gasteiger partial charge is 0.314 e. The van der Waals surface area contributed by atoms with E-state index in [1.807, 2.05) is 0 Å². The lowest BCUT2D eigenvalue weighted by molar-refractivity contribution is 0.232. The molecule has 0 spiro atoms. The van der Waals surface area contributed by atoms with E-state index >= 15 is 0 Å². The van der Waals surface area contributed by atoms with E-state index < -0.39 is 14.6 Å². The van der Waals surface area contributed by atoms with Crippen molar-refractivity contribution in [1.29, 1.82) is 0 Å². The Kier molecular flexibility index (Phi) is 7.04. The van der Waals surface area contributed by atoms with Gasteiger partial charge in [-0.2, -0.15) is 0 Å². The first-order valence-corrected chi connectivity index (χ1v) is 9.10. The highest BCUT2D eigenvalue weighted by molar-refractivity contribution is 7.92. The van der Waals surface area contributed by atoms with Crippen LogP contribution in [-0.4, -0.2) is 31.5 Å². The number of nitrogens with one attached hydrogen (secondary N) is 1. The first-order chi connectivity index (χ1) is 8.49. The first kappa shape index (κ1) is 18.9. The molecule has 0 atom stereocenters. The zero-order chi connectivity index (χ0) is 15.3. The molecule has 1 N–H and O–H groups in total. The third-order valence-electron chi connectivity index (χ3n) is 4.22. The van der Waals surface area contributed by atoms with Gasteiger partial charge < -0.3 is 5.32 Å². The Hall–Kier alpha value is -0.0900. The number of hydrogen-bond donors (Lipinski definition) is 1. The molecular formula is C15H33NO2S. The number of sulfone groups is 1. The van der Waals surface area contributed by atoms with Crippen molar-refractivity contribution in [2.75, 3.05) is 12.3 Å². The van der Waals surface area contributed by atoms with Crippen LogP contribution in [0.3, 0.4) is 0 Å². The summed E-state index contributed by atoms with van der Waals surface area (Å²) in [6.45, 7) is 14.8. The van der Waals surface area contributed by atoms with Crippen molar-refractivity contribution in [2.24, 2.45) is 5.41 Å². The zero-order valence-corrected chi connectivity index (χ0v) is 14.7. The van der Waals surface area contributed by atoms with Gasteiger partial charge in [0.1, 0.15) is 0 Å². The SMILES string of the molecule is CCC(CC)(CCS(=O)(=O)C(C)(C)C)CNC(C)C. The van der Waals surface area contributed by atoms with Crippen molar-refractivity contribution in [1.82, 2.24) is 5.32 Å². The van der Waals surface area contributed by atoms with Crippen molar-refractivity contribution in [3.8, 4) is 0 Å². The highest BCUT2D eigenvalue weighted by Crippen LogP contribution is 2.32. The molecule has 0 heterocycles. The van der Waals surface area contributed by atoms with Crippen LogP contribution >= 0.6 is 0 Å². The molecule has 0 aliphatic rings. The van der Waals surface area contributed by atoms with Crippen LogP contribution in [-0.2, 0) is 9.84 Å². The molecule has 0 aromatic rings. The average Bonchev–Trinajstić information content (AvgIpc) is 2.28. The minimum atomic E-state index is -3.02. The Labute approximate surface area is 120 Å². The van der Waals surface area contributed by atoms with Gasteiger partial charge in [-0.25, -0.2) is 8.42 Å². The third kappa shape index (κ3) is 5.82. The van der Waals surface area contributed by atoms with Gasteiger partial charge in [-0.3, -0.25) is 0 Å². The average molecular weight is 292 g/mol. The zero-order valence-electron chi connectivity index (χ0n) is 13.8.